The highest BCUT2D eigenvalue weighted by atomic mass is 16.5. The Bertz CT molecular complexity index is 720. The number of ether oxygens (including phenoxy) is 1. The van der Waals surface area contributed by atoms with Crippen LogP contribution in [0.4, 0.5) is 11.5 Å². The van der Waals surface area contributed by atoms with Gasteiger partial charge in [-0.05, 0) is 38.0 Å². The lowest BCUT2D eigenvalue weighted by Crippen LogP contribution is -2.27. The second-order valence-corrected chi connectivity index (χ2v) is 5.46. The predicted molar refractivity (Wildman–Crippen MR) is 85.3 cm³/mol. The van der Waals surface area contributed by atoms with Crippen LogP contribution in [0.3, 0.4) is 0 Å². The van der Waals surface area contributed by atoms with Gasteiger partial charge in [0.15, 0.2) is 5.82 Å². The van der Waals surface area contributed by atoms with E-state index in [1.807, 2.05) is 6.92 Å². The van der Waals surface area contributed by atoms with Crippen molar-refractivity contribution in [3.05, 3.63) is 41.6 Å². The van der Waals surface area contributed by atoms with Crippen molar-refractivity contribution in [2.75, 3.05) is 17.2 Å². The fourth-order valence-corrected chi connectivity index (χ4v) is 2.42. The highest BCUT2D eigenvalue weighted by molar-refractivity contribution is 6.05. The highest BCUT2D eigenvalue weighted by Crippen LogP contribution is 2.17. The van der Waals surface area contributed by atoms with E-state index >= 15 is 0 Å². The number of anilines is 2. The third-order valence-electron chi connectivity index (χ3n) is 3.56. The molecule has 0 radical (unpaired) electrons. The Balaban J connectivity index is 1.66. The van der Waals surface area contributed by atoms with Crippen LogP contribution in [0.25, 0.3) is 0 Å². The number of aryl methyl sites for hydroxylation is 1. The summed E-state index contributed by atoms with van der Waals surface area (Å²) in [4.78, 5) is 24.3. The summed E-state index contributed by atoms with van der Waals surface area (Å²) < 4.78 is 5.34. The predicted octanol–water partition coefficient (Wildman–Crippen LogP) is 2.09. The molecule has 1 aliphatic rings. The first kappa shape index (κ1) is 15.2. The Morgan fingerprint density at radius 3 is 2.87 bits per heavy atom. The number of hydrogen-bond donors (Lipinski definition) is 3. The van der Waals surface area contributed by atoms with Crippen molar-refractivity contribution in [2.45, 2.75) is 25.9 Å². The maximum Gasteiger partial charge on any atom is 0.256 e. The van der Waals surface area contributed by atoms with Crippen molar-refractivity contribution in [2.24, 2.45) is 0 Å². The second kappa shape index (κ2) is 6.62. The Morgan fingerprint density at radius 2 is 2.17 bits per heavy atom. The van der Waals surface area contributed by atoms with Crippen molar-refractivity contribution in [1.29, 1.82) is 0 Å². The van der Waals surface area contributed by atoms with Gasteiger partial charge in [0, 0.05) is 29.6 Å². The van der Waals surface area contributed by atoms with Crippen molar-refractivity contribution in [3.63, 3.8) is 0 Å². The number of aromatic nitrogens is 2. The van der Waals surface area contributed by atoms with Gasteiger partial charge in [0.2, 0.25) is 0 Å². The maximum atomic E-state index is 12.2. The average Bonchev–Trinajstić information content (AvgIpc) is 3.19. The molecule has 1 atom stereocenters. The second-order valence-electron chi connectivity index (χ2n) is 5.46. The van der Waals surface area contributed by atoms with Crippen LogP contribution in [0.1, 0.15) is 28.9 Å². The molecule has 1 saturated heterocycles. The molecule has 2 amide bonds. The topological polar surface area (TPSA) is 96.1 Å². The first-order valence-corrected chi connectivity index (χ1v) is 7.48. The number of hydrogen-bond acceptors (Lipinski definition) is 4. The van der Waals surface area contributed by atoms with Gasteiger partial charge in [-0.2, -0.15) is 5.10 Å². The fraction of sp³-hybridized carbons (Fsp3) is 0.312. The maximum absolute atomic E-state index is 12.2. The van der Waals surface area contributed by atoms with E-state index in [9.17, 15) is 9.59 Å². The molecule has 0 spiro atoms. The summed E-state index contributed by atoms with van der Waals surface area (Å²) in [6.07, 6.45) is 1.22. The van der Waals surface area contributed by atoms with E-state index in [1.54, 1.807) is 30.3 Å². The van der Waals surface area contributed by atoms with Crippen molar-refractivity contribution >= 4 is 23.3 Å². The average molecular weight is 314 g/mol. The van der Waals surface area contributed by atoms with Gasteiger partial charge >= 0.3 is 0 Å². The Kier molecular flexibility index (Phi) is 4.38. The molecule has 1 aromatic carbocycles. The molecule has 1 aromatic heterocycles. The van der Waals surface area contributed by atoms with Crippen molar-refractivity contribution in [3.8, 4) is 0 Å². The molecule has 1 aliphatic heterocycles. The van der Waals surface area contributed by atoms with E-state index in [4.69, 9.17) is 4.74 Å². The van der Waals surface area contributed by atoms with Crippen molar-refractivity contribution in [1.82, 2.24) is 10.2 Å². The van der Waals surface area contributed by atoms with Crippen LogP contribution in [-0.4, -0.2) is 34.7 Å². The molecule has 1 unspecified atom stereocenters. The summed E-state index contributed by atoms with van der Waals surface area (Å²) in [5.74, 6) is -0.00556. The molecule has 7 heteroatoms. The Hall–Kier alpha value is -2.67. The molecule has 2 aromatic rings. The van der Waals surface area contributed by atoms with E-state index < -0.39 is 6.10 Å². The third kappa shape index (κ3) is 3.75. The van der Waals surface area contributed by atoms with Gasteiger partial charge in [-0.15, -0.1) is 0 Å². The van der Waals surface area contributed by atoms with E-state index in [-0.39, 0.29) is 11.8 Å². The molecule has 23 heavy (non-hydrogen) atoms. The Labute approximate surface area is 133 Å². The van der Waals surface area contributed by atoms with Gasteiger partial charge < -0.3 is 15.4 Å². The number of rotatable bonds is 4. The SMILES string of the molecule is Cc1cc(NC(=O)c2cccc(NC(=O)C3CCCO3)c2)n[nH]1. The number of nitrogens with zero attached hydrogens (tertiary/aromatic N) is 1. The summed E-state index contributed by atoms with van der Waals surface area (Å²) in [6, 6.07) is 8.50. The largest absolute Gasteiger partial charge is 0.368 e. The van der Waals surface area contributed by atoms with Crippen LogP contribution in [-0.2, 0) is 9.53 Å². The van der Waals surface area contributed by atoms with Crippen LogP contribution in [0.5, 0.6) is 0 Å². The van der Waals surface area contributed by atoms with E-state index in [0.29, 0.717) is 23.7 Å². The molecule has 3 rings (SSSR count). The van der Waals surface area contributed by atoms with Gasteiger partial charge in [-0.25, -0.2) is 0 Å². The molecule has 0 aliphatic carbocycles. The number of benzene rings is 1. The van der Waals surface area contributed by atoms with E-state index in [0.717, 1.165) is 18.5 Å². The number of H-pyrrole nitrogens is 1. The molecule has 1 fully saturated rings. The lowest BCUT2D eigenvalue weighted by molar-refractivity contribution is -0.124. The number of carbonyl (C=O) groups excluding carboxylic acids is 2. The summed E-state index contributed by atoms with van der Waals surface area (Å²) in [5, 5.41) is 12.2. The van der Waals surface area contributed by atoms with Crippen molar-refractivity contribution < 1.29 is 14.3 Å². The number of nitrogens with one attached hydrogen (secondary N) is 3. The monoisotopic (exact) mass is 314 g/mol. The molecule has 2 heterocycles. The molecule has 120 valence electrons. The number of carbonyl (C=O) groups is 2. The van der Waals surface area contributed by atoms with Crippen LogP contribution >= 0.6 is 0 Å². The minimum atomic E-state index is -0.403. The zero-order chi connectivity index (χ0) is 16.2. The molecule has 0 bridgehead atoms. The number of amides is 2. The number of aromatic amines is 1. The lowest BCUT2D eigenvalue weighted by atomic mass is 10.1. The summed E-state index contributed by atoms with van der Waals surface area (Å²) in [6.45, 7) is 2.47. The third-order valence-corrected chi connectivity index (χ3v) is 3.56. The van der Waals surface area contributed by atoms with Crippen LogP contribution in [0.2, 0.25) is 0 Å². The van der Waals surface area contributed by atoms with Crippen LogP contribution < -0.4 is 10.6 Å². The van der Waals surface area contributed by atoms with Gasteiger partial charge in [0.1, 0.15) is 6.10 Å². The minimum absolute atomic E-state index is 0.178. The smallest absolute Gasteiger partial charge is 0.256 e. The van der Waals surface area contributed by atoms with Gasteiger partial charge in [0.25, 0.3) is 11.8 Å². The molecule has 7 nitrogen and oxygen atoms in total. The fourth-order valence-electron chi connectivity index (χ4n) is 2.42. The van der Waals surface area contributed by atoms with Gasteiger partial charge in [0.05, 0.1) is 0 Å². The molecule has 3 N–H and O–H groups in total. The highest BCUT2D eigenvalue weighted by Gasteiger charge is 2.23. The van der Waals surface area contributed by atoms with E-state index in [1.165, 1.54) is 0 Å². The molecular weight excluding hydrogens is 296 g/mol. The first-order chi connectivity index (χ1) is 11.1. The first-order valence-electron chi connectivity index (χ1n) is 7.48. The Morgan fingerprint density at radius 1 is 1.30 bits per heavy atom. The molecular formula is C16H18N4O3. The van der Waals surface area contributed by atoms with Crippen LogP contribution in [0.15, 0.2) is 30.3 Å². The van der Waals surface area contributed by atoms with Gasteiger partial charge in [-0.3, -0.25) is 14.7 Å². The van der Waals surface area contributed by atoms with Gasteiger partial charge in [-0.1, -0.05) is 6.07 Å². The minimum Gasteiger partial charge on any atom is -0.368 e. The summed E-state index contributed by atoms with van der Waals surface area (Å²) in [7, 11) is 0. The quantitative estimate of drug-likeness (QED) is 0.805. The standard InChI is InChI=1S/C16H18N4O3/c1-10-8-14(20-19-10)18-15(21)11-4-2-5-12(9-11)17-16(22)13-6-3-7-23-13/h2,4-5,8-9,13H,3,6-7H2,1H3,(H,17,22)(H2,18,19,20,21). The van der Waals surface area contributed by atoms with E-state index in [2.05, 4.69) is 20.8 Å². The van der Waals surface area contributed by atoms with Crippen LogP contribution in [0, 0.1) is 6.92 Å². The zero-order valence-electron chi connectivity index (χ0n) is 12.8. The summed E-state index contributed by atoms with van der Waals surface area (Å²) in [5.41, 5.74) is 1.87. The zero-order valence-corrected chi connectivity index (χ0v) is 12.8. The molecule has 0 saturated carbocycles. The summed E-state index contributed by atoms with van der Waals surface area (Å²) >= 11 is 0. The lowest BCUT2D eigenvalue weighted by Gasteiger charge is -2.11. The normalized spacial score (nSPS) is 17.0.